The average Bonchev–Trinajstić information content (AvgIpc) is 2.87. The van der Waals surface area contributed by atoms with Crippen molar-refractivity contribution < 1.29 is 21.8 Å². The Morgan fingerprint density at radius 1 is 1.29 bits per heavy atom. The quantitative estimate of drug-likeness (QED) is 0.719. The molecule has 0 heterocycles. The second-order valence-corrected chi connectivity index (χ2v) is 10.0. The van der Waals surface area contributed by atoms with Crippen LogP contribution >= 0.6 is 0 Å². The van der Waals surface area contributed by atoms with Crippen LogP contribution in [-0.4, -0.2) is 0 Å². The third kappa shape index (κ3) is 1.93. The Morgan fingerprint density at radius 3 is 2.79 bits per heavy atom. The van der Waals surface area contributed by atoms with E-state index in [1.807, 2.05) is 3.28 Å². The van der Waals surface area contributed by atoms with Gasteiger partial charge in [-0.3, -0.25) is 0 Å². The fraction of sp³-hybridized carbons (Fsp3) is 0.385. The molecule has 73 valence electrons. The van der Waals surface area contributed by atoms with E-state index in [0.29, 0.717) is 0 Å². The molecule has 0 unspecified atom stereocenters. The van der Waals surface area contributed by atoms with Crippen LogP contribution in [0.5, 0.6) is 0 Å². The van der Waals surface area contributed by atoms with Crippen LogP contribution in [0.4, 0.5) is 0 Å². The summed E-state index contributed by atoms with van der Waals surface area (Å²) in [4.78, 5) is 0. The first-order chi connectivity index (χ1) is 6.83. The Hall–Kier alpha value is -0.157. The third-order valence-electron chi connectivity index (χ3n) is 3.12. The summed E-state index contributed by atoms with van der Waals surface area (Å²) in [5.41, 5.74) is 1.65. The number of allylic oxidation sites excluding steroid dienone is 8. The average molecular weight is 265 g/mol. The summed E-state index contributed by atoms with van der Waals surface area (Å²) in [6.45, 7) is 2.28. The van der Waals surface area contributed by atoms with Crippen LogP contribution in [-0.2, 0) is 21.8 Å². The van der Waals surface area contributed by atoms with Gasteiger partial charge >= 0.3 is 95.1 Å². The molecule has 0 fully saturated rings. The zero-order valence-corrected chi connectivity index (χ0v) is 11.5. The van der Waals surface area contributed by atoms with Crippen LogP contribution in [0, 0.1) is 0 Å². The van der Waals surface area contributed by atoms with Crippen molar-refractivity contribution in [3.8, 4) is 0 Å². The van der Waals surface area contributed by atoms with Crippen LogP contribution in [0.1, 0.15) is 26.2 Å². The Bertz CT molecular complexity index is 342. The van der Waals surface area contributed by atoms with E-state index in [-0.39, 0.29) is 0 Å². The summed E-state index contributed by atoms with van der Waals surface area (Å²) in [6, 6.07) is 0. The van der Waals surface area contributed by atoms with Gasteiger partial charge in [0.2, 0.25) is 0 Å². The molecule has 2 aliphatic carbocycles. The minimum atomic E-state index is -1.36. The van der Waals surface area contributed by atoms with E-state index in [9.17, 15) is 0 Å². The predicted octanol–water partition coefficient (Wildman–Crippen LogP) is 4.12. The first-order valence-corrected chi connectivity index (χ1v) is 10.3. The van der Waals surface area contributed by atoms with Crippen LogP contribution in [0.2, 0.25) is 4.63 Å². The normalized spacial score (nSPS) is 19.4. The van der Waals surface area contributed by atoms with Gasteiger partial charge in [0.15, 0.2) is 0 Å². The van der Waals surface area contributed by atoms with Crippen molar-refractivity contribution in [2.45, 2.75) is 30.8 Å². The van der Waals surface area contributed by atoms with Gasteiger partial charge in [0.25, 0.3) is 0 Å². The van der Waals surface area contributed by atoms with Gasteiger partial charge in [-0.2, -0.15) is 0 Å². The first-order valence-electron chi connectivity index (χ1n) is 5.41. The van der Waals surface area contributed by atoms with Gasteiger partial charge in [0, 0.05) is 0 Å². The van der Waals surface area contributed by atoms with Gasteiger partial charge < -0.3 is 0 Å². The van der Waals surface area contributed by atoms with Crippen molar-refractivity contribution in [3.05, 3.63) is 42.5 Å². The number of hydrogen-bond acceptors (Lipinski definition) is 0. The molecule has 0 N–H and O–H groups in total. The predicted molar refractivity (Wildman–Crippen MR) is 58.8 cm³/mol. The van der Waals surface area contributed by atoms with Crippen molar-refractivity contribution in [1.29, 1.82) is 0 Å². The number of rotatable bonds is 3. The molecule has 0 atom stereocenters. The van der Waals surface area contributed by atoms with Crippen LogP contribution in [0.15, 0.2) is 42.5 Å². The second-order valence-electron chi connectivity index (χ2n) is 3.91. The van der Waals surface area contributed by atoms with Crippen LogP contribution in [0.3, 0.4) is 0 Å². The molecule has 0 nitrogen and oxygen atoms in total. The van der Waals surface area contributed by atoms with E-state index < -0.39 is 21.8 Å². The van der Waals surface area contributed by atoms with Gasteiger partial charge in [-0.05, 0) is 0 Å². The maximum atomic E-state index is 2.54. The Kier molecular flexibility index (Phi) is 3.39. The van der Waals surface area contributed by atoms with Gasteiger partial charge in [0.05, 0.1) is 0 Å². The van der Waals surface area contributed by atoms with E-state index in [1.165, 1.54) is 19.3 Å². The van der Waals surface area contributed by atoms with Crippen molar-refractivity contribution in [1.82, 2.24) is 0 Å². The van der Waals surface area contributed by atoms with Crippen molar-refractivity contribution in [2.24, 2.45) is 0 Å². The zero-order chi connectivity index (χ0) is 9.97. The van der Waals surface area contributed by atoms with Crippen molar-refractivity contribution >= 4 is 0 Å². The molecule has 0 aromatic rings. The summed E-state index contributed by atoms with van der Waals surface area (Å²) in [5.74, 6) is 0. The van der Waals surface area contributed by atoms with E-state index in [0.717, 1.165) is 0 Å². The summed E-state index contributed by atoms with van der Waals surface area (Å²) in [7, 11) is 0. The molecule has 0 spiro atoms. The zero-order valence-electron chi connectivity index (χ0n) is 9.01. The number of hydrogen-bond donors (Lipinski definition) is 0. The summed E-state index contributed by atoms with van der Waals surface area (Å²) in [6.07, 6.45) is 15.3. The van der Waals surface area contributed by atoms with Crippen LogP contribution < -0.4 is 0 Å². The monoisotopic (exact) mass is 263 g/mol. The first kappa shape index (κ1) is 10.4. The Balaban J connectivity index is 2.16. The van der Waals surface area contributed by atoms with Gasteiger partial charge in [-0.25, -0.2) is 0 Å². The molecular formula is C13H17Zr. The summed E-state index contributed by atoms with van der Waals surface area (Å²) >= 11 is -1.36. The summed E-state index contributed by atoms with van der Waals surface area (Å²) in [5, 5.41) is 0. The third-order valence-corrected chi connectivity index (χ3v) is 9.91. The fourth-order valence-corrected chi connectivity index (χ4v) is 7.91. The van der Waals surface area contributed by atoms with Gasteiger partial charge in [-0.1, -0.05) is 0 Å². The molecule has 1 heteroatoms. The molecule has 0 saturated carbocycles. The SMILES string of the molecule is CCC1=[C]([Zr]([CH3])[C]2=CC=CC2)CC=C1. The minimum absolute atomic E-state index is 1.23. The fourth-order valence-electron chi connectivity index (χ4n) is 2.20. The Labute approximate surface area is 94.8 Å². The van der Waals surface area contributed by atoms with E-state index >= 15 is 0 Å². The van der Waals surface area contributed by atoms with E-state index in [1.54, 1.807) is 8.85 Å². The second kappa shape index (κ2) is 4.57. The molecule has 0 saturated heterocycles. The molecule has 0 aromatic carbocycles. The Morgan fingerprint density at radius 2 is 2.14 bits per heavy atom. The molecule has 2 aliphatic rings. The van der Waals surface area contributed by atoms with Crippen molar-refractivity contribution in [3.63, 3.8) is 0 Å². The van der Waals surface area contributed by atoms with Crippen molar-refractivity contribution in [2.75, 3.05) is 0 Å². The van der Waals surface area contributed by atoms with Crippen LogP contribution in [0.25, 0.3) is 0 Å². The topological polar surface area (TPSA) is 0 Å². The van der Waals surface area contributed by atoms with E-state index in [4.69, 9.17) is 0 Å². The maximum absolute atomic E-state index is 2.54. The molecule has 0 radical (unpaired) electrons. The molecule has 2 rings (SSSR count). The molecule has 0 bridgehead atoms. The standard InChI is InChI=1S/C7H9.C5H5.CH3.Zr/c1-2-7-5-3-4-6-7;1-2-4-5-3-1;;/h3,5H,2,4H2,1H3;1-3H,4H2;1H3;. The molecule has 0 amide bonds. The van der Waals surface area contributed by atoms with Gasteiger partial charge in [0.1, 0.15) is 0 Å². The molecule has 0 aromatic heterocycles. The molecule has 14 heavy (non-hydrogen) atoms. The van der Waals surface area contributed by atoms with Gasteiger partial charge in [-0.15, -0.1) is 0 Å². The molecule has 0 aliphatic heterocycles. The summed E-state index contributed by atoms with van der Waals surface area (Å²) < 4.78 is 6.15. The molecular weight excluding hydrogens is 247 g/mol. The van der Waals surface area contributed by atoms with E-state index in [2.05, 4.69) is 41.9 Å².